The first-order valence-electron chi connectivity index (χ1n) is 3.06. The van der Waals surface area contributed by atoms with Gasteiger partial charge in [0.05, 0.1) is 12.7 Å². The summed E-state index contributed by atoms with van der Waals surface area (Å²) in [4.78, 5) is 0. The summed E-state index contributed by atoms with van der Waals surface area (Å²) in [6.07, 6.45) is 0.782. The number of rotatable bonds is 0. The van der Waals surface area contributed by atoms with E-state index in [9.17, 15) is 0 Å². The van der Waals surface area contributed by atoms with Gasteiger partial charge in [-0.15, -0.1) is 0 Å². The second-order valence-electron chi connectivity index (χ2n) is 2.41. The third-order valence-electron chi connectivity index (χ3n) is 1.66. The van der Waals surface area contributed by atoms with Crippen molar-refractivity contribution in [1.29, 1.82) is 0 Å². The molecule has 0 saturated carbocycles. The van der Waals surface area contributed by atoms with Crippen molar-refractivity contribution >= 4 is 0 Å². The molecule has 1 aliphatic heterocycles. The highest BCUT2D eigenvalue weighted by molar-refractivity contribution is 4.67. The van der Waals surface area contributed by atoms with Crippen LogP contribution in [0, 0.1) is 5.92 Å². The van der Waals surface area contributed by atoms with E-state index in [0.29, 0.717) is 12.5 Å². The number of aliphatic hydroxyl groups excluding tert-OH is 1. The highest BCUT2D eigenvalue weighted by Crippen LogP contribution is 2.13. The number of aliphatic hydroxyl groups is 1. The molecule has 8 heavy (non-hydrogen) atoms. The van der Waals surface area contributed by atoms with Gasteiger partial charge in [0.1, 0.15) is 0 Å². The lowest BCUT2D eigenvalue weighted by atomic mass is 10.0. The molecule has 1 N–H and O–H groups in total. The Bertz CT molecular complexity index is 62.9. The Hall–Kier alpha value is -0.0800. The highest BCUT2D eigenvalue weighted by atomic mass is 16.5. The molecule has 48 valence electrons. The first-order chi connectivity index (χ1) is 3.80. The predicted molar refractivity (Wildman–Crippen MR) is 30.6 cm³/mol. The molecule has 0 aliphatic carbocycles. The fourth-order valence-electron chi connectivity index (χ4n) is 0.830. The Morgan fingerprint density at radius 2 is 2.38 bits per heavy atom. The SMILES string of the molecule is C[C@@H]1CCOC[C@H]1O. The summed E-state index contributed by atoms with van der Waals surface area (Å²) in [7, 11) is 0. The Labute approximate surface area is 49.5 Å². The maximum absolute atomic E-state index is 9.05. The molecule has 1 rings (SSSR count). The second-order valence-corrected chi connectivity index (χ2v) is 2.41. The minimum Gasteiger partial charge on any atom is -0.390 e. The molecule has 0 bridgehead atoms. The van der Waals surface area contributed by atoms with Gasteiger partial charge in [-0.2, -0.15) is 0 Å². The summed E-state index contributed by atoms with van der Waals surface area (Å²) in [6, 6.07) is 0. The fourth-order valence-corrected chi connectivity index (χ4v) is 0.830. The summed E-state index contributed by atoms with van der Waals surface area (Å²) in [6.45, 7) is 3.40. The third kappa shape index (κ3) is 1.20. The lowest BCUT2D eigenvalue weighted by Gasteiger charge is -2.23. The number of ether oxygens (including phenoxy) is 1. The summed E-state index contributed by atoms with van der Waals surface area (Å²) in [5.74, 6) is 0.434. The molecule has 0 aromatic rings. The summed E-state index contributed by atoms with van der Waals surface area (Å²) < 4.78 is 5.00. The van der Waals surface area contributed by atoms with E-state index >= 15 is 0 Å². The van der Waals surface area contributed by atoms with E-state index in [4.69, 9.17) is 9.84 Å². The molecule has 1 fully saturated rings. The average Bonchev–Trinajstić information content (AvgIpc) is 1.77. The van der Waals surface area contributed by atoms with Crippen LogP contribution in [0.4, 0.5) is 0 Å². The van der Waals surface area contributed by atoms with Gasteiger partial charge < -0.3 is 9.84 Å². The van der Waals surface area contributed by atoms with Crippen LogP contribution in [0.3, 0.4) is 0 Å². The molecule has 1 aliphatic rings. The monoisotopic (exact) mass is 116 g/mol. The number of hydrogen-bond donors (Lipinski definition) is 1. The maximum atomic E-state index is 9.05. The van der Waals surface area contributed by atoms with Gasteiger partial charge in [0.2, 0.25) is 0 Å². The maximum Gasteiger partial charge on any atom is 0.0799 e. The van der Waals surface area contributed by atoms with Crippen LogP contribution >= 0.6 is 0 Å². The standard InChI is InChI=1S/C6H12O2/c1-5-2-3-8-4-6(5)7/h5-7H,2-4H2,1H3/t5-,6-/m1/s1. The van der Waals surface area contributed by atoms with Gasteiger partial charge in [0, 0.05) is 6.61 Å². The van der Waals surface area contributed by atoms with Crippen LogP contribution in [0.5, 0.6) is 0 Å². The van der Waals surface area contributed by atoms with Gasteiger partial charge in [-0.1, -0.05) is 6.92 Å². The summed E-state index contributed by atoms with van der Waals surface area (Å²) >= 11 is 0. The van der Waals surface area contributed by atoms with Crippen molar-refractivity contribution in [3.05, 3.63) is 0 Å². The zero-order chi connectivity index (χ0) is 5.98. The van der Waals surface area contributed by atoms with E-state index < -0.39 is 0 Å². The Morgan fingerprint density at radius 3 is 2.75 bits per heavy atom. The summed E-state index contributed by atoms with van der Waals surface area (Å²) in [5.41, 5.74) is 0. The van der Waals surface area contributed by atoms with Crippen molar-refractivity contribution < 1.29 is 9.84 Å². The van der Waals surface area contributed by atoms with Gasteiger partial charge in [0.25, 0.3) is 0 Å². The van der Waals surface area contributed by atoms with E-state index in [2.05, 4.69) is 0 Å². The smallest absolute Gasteiger partial charge is 0.0799 e. The largest absolute Gasteiger partial charge is 0.390 e. The van der Waals surface area contributed by atoms with Crippen molar-refractivity contribution in [3.63, 3.8) is 0 Å². The third-order valence-corrected chi connectivity index (χ3v) is 1.66. The molecule has 0 unspecified atom stereocenters. The Balaban J connectivity index is 2.28. The summed E-state index contributed by atoms with van der Waals surface area (Å²) in [5, 5.41) is 9.05. The number of hydrogen-bond acceptors (Lipinski definition) is 2. The first-order valence-corrected chi connectivity index (χ1v) is 3.06. The molecule has 2 atom stereocenters. The minimum absolute atomic E-state index is 0.219. The predicted octanol–water partition coefficient (Wildman–Crippen LogP) is 0.404. The van der Waals surface area contributed by atoms with Crippen LogP contribution in [0.1, 0.15) is 13.3 Å². The second kappa shape index (κ2) is 2.46. The van der Waals surface area contributed by atoms with Gasteiger partial charge in [0.15, 0.2) is 0 Å². The normalized spacial score (nSPS) is 39.8. The van der Waals surface area contributed by atoms with E-state index in [1.54, 1.807) is 0 Å². The van der Waals surface area contributed by atoms with Crippen molar-refractivity contribution in [2.24, 2.45) is 5.92 Å². The van der Waals surface area contributed by atoms with Crippen LogP contribution in [0.25, 0.3) is 0 Å². The van der Waals surface area contributed by atoms with Gasteiger partial charge in [-0.3, -0.25) is 0 Å². The molecule has 0 spiro atoms. The molecule has 0 radical (unpaired) electrons. The topological polar surface area (TPSA) is 29.5 Å². The molecule has 0 aromatic carbocycles. The van der Waals surface area contributed by atoms with Crippen LogP contribution in [0.2, 0.25) is 0 Å². The van der Waals surface area contributed by atoms with Gasteiger partial charge in [-0.05, 0) is 12.3 Å². The minimum atomic E-state index is -0.219. The van der Waals surface area contributed by atoms with Crippen molar-refractivity contribution in [3.8, 4) is 0 Å². The molecule has 0 aromatic heterocycles. The van der Waals surface area contributed by atoms with Crippen LogP contribution in [-0.4, -0.2) is 24.4 Å². The average molecular weight is 116 g/mol. The molecular formula is C6H12O2. The van der Waals surface area contributed by atoms with Crippen LogP contribution < -0.4 is 0 Å². The van der Waals surface area contributed by atoms with E-state index in [1.165, 1.54) is 0 Å². The first kappa shape index (κ1) is 6.05. The quantitative estimate of drug-likeness (QED) is 0.496. The zero-order valence-electron chi connectivity index (χ0n) is 5.13. The molecule has 2 heteroatoms. The Morgan fingerprint density at radius 1 is 1.62 bits per heavy atom. The molecule has 1 heterocycles. The van der Waals surface area contributed by atoms with E-state index in [1.807, 2.05) is 6.92 Å². The Kier molecular flexibility index (Phi) is 1.86. The lowest BCUT2D eigenvalue weighted by molar-refractivity contribution is -0.0380. The van der Waals surface area contributed by atoms with E-state index in [0.717, 1.165) is 13.0 Å². The van der Waals surface area contributed by atoms with Crippen molar-refractivity contribution in [1.82, 2.24) is 0 Å². The van der Waals surface area contributed by atoms with Gasteiger partial charge in [-0.25, -0.2) is 0 Å². The van der Waals surface area contributed by atoms with Crippen molar-refractivity contribution in [2.75, 3.05) is 13.2 Å². The zero-order valence-corrected chi connectivity index (χ0v) is 5.13. The molecule has 0 amide bonds. The van der Waals surface area contributed by atoms with E-state index in [-0.39, 0.29) is 6.10 Å². The van der Waals surface area contributed by atoms with Crippen molar-refractivity contribution in [2.45, 2.75) is 19.4 Å². The fraction of sp³-hybridized carbons (Fsp3) is 1.00. The van der Waals surface area contributed by atoms with Crippen LogP contribution in [-0.2, 0) is 4.74 Å². The highest BCUT2D eigenvalue weighted by Gasteiger charge is 2.18. The molecular weight excluding hydrogens is 104 g/mol. The van der Waals surface area contributed by atoms with Crippen LogP contribution in [0.15, 0.2) is 0 Å². The lowest BCUT2D eigenvalue weighted by Crippen LogP contribution is -2.29. The molecule has 2 nitrogen and oxygen atoms in total. The van der Waals surface area contributed by atoms with Gasteiger partial charge >= 0.3 is 0 Å². The molecule has 1 saturated heterocycles.